The number of fused-ring (bicyclic) bond motifs is 1. The van der Waals surface area contributed by atoms with Gasteiger partial charge < -0.3 is 19.7 Å². The van der Waals surface area contributed by atoms with Crippen LogP contribution in [0, 0.1) is 0 Å². The van der Waals surface area contributed by atoms with Crippen molar-refractivity contribution in [3.8, 4) is 17.1 Å². The highest BCUT2D eigenvalue weighted by atomic mass is 35.5. The van der Waals surface area contributed by atoms with Crippen LogP contribution in [-0.2, 0) is 11.8 Å². The molecule has 0 aliphatic carbocycles. The molecule has 2 aromatic carbocycles. The van der Waals surface area contributed by atoms with Gasteiger partial charge in [0, 0.05) is 31.1 Å². The molecule has 1 amide bonds. The van der Waals surface area contributed by atoms with E-state index in [4.69, 9.17) is 21.1 Å². The van der Waals surface area contributed by atoms with E-state index in [1.807, 2.05) is 18.2 Å². The van der Waals surface area contributed by atoms with Crippen molar-refractivity contribution in [1.29, 1.82) is 0 Å². The van der Waals surface area contributed by atoms with Gasteiger partial charge in [-0.2, -0.15) is 10.1 Å². The van der Waals surface area contributed by atoms with E-state index in [1.165, 1.54) is 0 Å². The summed E-state index contributed by atoms with van der Waals surface area (Å²) in [7, 11) is 3.33. The van der Waals surface area contributed by atoms with Crippen molar-refractivity contribution in [2.45, 2.75) is 0 Å². The van der Waals surface area contributed by atoms with Gasteiger partial charge in [0.15, 0.2) is 5.82 Å². The molecule has 1 aliphatic rings. The number of carbonyl (C=O) groups is 1. The van der Waals surface area contributed by atoms with E-state index in [0.717, 1.165) is 16.5 Å². The largest absolute Gasteiger partial charge is 0.496 e. The van der Waals surface area contributed by atoms with Crippen molar-refractivity contribution >= 4 is 40.0 Å². The first-order chi connectivity index (χ1) is 16.0. The van der Waals surface area contributed by atoms with Crippen molar-refractivity contribution in [3.05, 3.63) is 47.1 Å². The number of anilines is 2. The fourth-order valence-corrected chi connectivity index (χ4v) is 4.02. The zero-order valence-corrected chi connectivity index (χ0v) is 18.9. The van der Waals surface area contributed by atoms with E-state index in [9.17, 15) is 4.79 Å². The Labute approximate surface area is 194 Å². The molecule has 33 heavy (non-hydrogen) atoms. The van der Waals surface area contributed by atoms with Gasteiger partial charge >= 0.3 is 0 Å². The highest BCUT2D eigenvalue weighted by Gasteiger charge is 2.23. The molecule has 0 spiro atoms. The second kappa shape index (κ2) is 8.72. The monoisotopic (exact) mass is 467 g/mol. The molecule has 5 rings (SSSR count). The Morgan fingerprint density at radius 2 is 2.06 bits per heavy atom. The minimum absolute atomic E-state index is 0.0812. The van der Waals surface area contributed by atoms with Gasteiger partial charge in [0.25, 0.3) is 5.91 Å². The zero-order chi connectivity index (χ0) is 22.9. The molecule has 0 radical (unpaired) electrons. The van der Waals surface area contributed by atoms with E-state index in [1.54, 1.807) is 42.1 Å². The lowest BCUT2D eigenvalue weighted by Crippen LogP contribution is -2.40. The van der Waals surface area contributed by atoms with E-state index in [0.29, 0.717) is 60.1 Å². The summed E-state index contributed by atoms with van der Waals surface area (Å²) in [6, 6.07) is 9.09. The number of nitrogens with zero attached hydrogens (tertiary/aromatic N) is 5. The number of methoxy groups -OCH3 is 1. The van der Waals surface area contributed by atoms with Gasteiger partial charge in [-0.25, -0.2) is 4.68 Å². The van der Waals surface area contributed by atoms with Crippen LogP contribution in [0.1, 0.15) is 10.4 Å². The summed E-state index contributed by atoms with van der Waals surface area (Å²) in [5.41, 5.74) is 2.77. The maximum Gasteiger partial charge on any atom is 0.257 e. The van der Waals surface area contributed by atoms with Crippen LogP contribution in [0.15, 0.2) is 36.5 Å². The molecule has 170 valence electrons. The van der Waals surface area contributed by atoms with E-state index < -0.39 is 0 Å². The number of rotatable bonds is 5. The lowest BCUT2D eigenvalue weighted by atomic mass is 10.1. The van der Waals surface area contributed by atoms with Crippen molar-refractivity contribution in [3.63, 3.8) is 0 Å². The number of morpholine rings is 1. The first-order valence-electron chi connectivity index (χ1n) is 10.4. The topological polar surface area (TPSA) is 110 Å². The molecule has 3 heterocycles. The third-order valence-electron chi connectivity index (χ3n) is 5.56. The van der Waals surface area contributed by atoms with Crippen LogP contribution in [0.5, 0.6) is 5.75 Å². The van der Waals surface area contributed by atoms with Crippen molar-refractivity contribution < 1.29 is 14.3 Å². The van der Waals surface area contributed by atoms with Crippen LogP contribution in [0.4, 0.5) is 11.6 Å². The number of H-pyrrole nitrogens is 1. The average molecular weight is 468 g/mol. The molecule has 4 aromatic rings. The predicted molar refractivity (Wildman–Crippen MR) is 124 cm³/mol. The molecular weight excluding hydrogens is 446 g/mol. The highest BCUT2D eigenvalue weighted by Crippen LogP contribution is 2.32. The minimum atomic E-state index is -0.0812. The maximum absolute atomic E-state index is 12.9. The number of aromatic nitrogens is 5. The average Bonchev–Trinajstić information content (AvgIpc) is 3.48. The smallest absolute Gasteiger partial charge is 0.257 e. The van der Waals surface area contributed by atoms with Gasteiger partial charge in [0.2, 0.25) is 5.95 Å². The Kier molecular flexibility index (Phi) is 5.61. The molecule has 11 heteroatoms. The second-order valence-electron chi connectivity index (χ2n) is 7.59. The second-order valence-corrected chi connectivity index (χ2v) is 7.96. The number of hydrogen-bond acceptors (Lipinski definition) is 7. The molecule has 2 N–H and O–H groups in total. The Hall–Kier alpha value is -3.63. The van der Waals surface area contributed by atoms with Crippen molar-refractivity contribution in [2.24, 2.45) is 7.05 Å². The number of halogens is 1. The normalized spacial score (nSPS) is 14.0. The van der Waals surface area contributed by atoms with Crippen molar-refractivity contribution in [2.75, 3.05) is 38.7 Å². The number of nitrogens with one attached hydrogen (secondary N) is 2. The summed E-state index contributed by atoms with van der Waals surface area (Å²) in [6.07, 6.45) is 1.68. The Morgan fingerprint density at radius 1 is 1.24 bits per heavy atom. The molecule has 0 atom stereocenters. The number of ether oxygens (including phenoxy) is 2. The number of hydrogen-bond donors (Lipinski definition) is 2. The Morgan fingerprint density at radius 3 is 2.85 bits per heavy atom. The third kappa shape index (κ3) is 3.98. The summed E-state index contributed by atoms with van der Waals surface area (Å²) in [4.78, 5) is 19.3. The van der Waals surface area contributed by atoms with Crippen LogP contribution in [0.2, 0.25) is 5.02 Å². The SMILES string of the molecule is COc1cc(-c2nc(Nc3ccc4[nH]ncc4c3Cl)n(C)n2)ccc1C(=O)N1CCOCC1. The quantitative estimate of drug-likeness (QED) is 0.463. The molecule has 1 aliphatic heterocycles. The molecule has 0 saturated carbocycles. The first kappa shape index (κ1) is 21.2. The summed E-state index contributed by atoms with van der Waals surface area (Å²) in [5.74, 6) is 1.40. The number of aryl methyl sites for hydroxylation is 1. The van der Waals surface area contributed by atoms with Gasteiger partial charge in [-0.1, -0.05) is 17.7 Å². The van der Waals surface area contributed by atoms with Gasteiger partial charge in [-0.3, -0.25) is 9.89 Å². The lowest BCUT2D eigenvalue weighted by molar-refractivity contribution is 0.0301. The fraction of sp³-hybridized carbons (Fsp3) is 0.273. The van der Waals surface area contributed by atoms with Gasteiger partial charge in [-0.15, -0.1) is 5.10 Å². The molecular formula is C22H22ClN7O3. The first-order valence-corrected chi connectivity index (χ1v) is 10.8. The van der Waals surface area contributed by atoms with E-state index in [2.05, 4.69) is 25.6 Å². The fourth-order valence-electron chi connectivity index (χ4n) is 3.76. The molecule has 2 aromatic heterocycles. The zero-order valence-electron chi connectivity index (χ0n) is 18.1. The van der Waals surface area contributed by atoms with Crippen LogP contribution in [-0.4, -0.2) is 69.2 Å². The number of benzene rings is 2. The molecule has 0 bridgehead atoms. The molecule has 10 nitrogen and oxygen atoms in total. The number of amides is 1. The lowest BCUT2D eigenvalue weighted by Gasteiger charge is -2.27. The van der Waals surface area contributed by atoms with E-state index in [-0.39, 0.29) is 5.91 Å². The van der Waals surface area contributed by atoms with Crippen LogP contribution in [0.3, 0.4) is 0 Å². The summed E-state index contributed by atoms with van der Waals surface area (Å²) in [5, 5.41) is 16.0. The summed E-state index contributed by atoms with van der Waals surface area (Å²) >= 11 is 6.52. The highest BCUT2D eigenvalue weighted by molar-refractivity contribution is 6.38. The predicted octanol–water partition coefficient (Wildman–Crippen LogP) is 3.24. The number of carbonyl (C=O) groups excluding carboxylic acids is 1. The van der Waals surface area contributed by atoms with Crippen LogP contribution in [0.25, 0.3) is 22.3 Å². The van der Waals surface area contributed by atoms with Crippen LogP contribution >= 0.6 is 11.6 Å². The van der Waals surface area contributed by atoms with Crippen molar-refractivity contribution in [1.82, 2.24) is 29.9 Å². The number of aromatic amines is 1. The third-order valence-corrected chi connectivity index (χ3v) is 5.96. The summed E-state index contributed by atoms with van der Waals surface area (Å²) in [6.45, 7) is 2.20. The summed E-state index contributed by atoms with van der Waals surface area (Å²) < 4.78 is 12.5. The van der Waals surface area contributed by atoms with E-state index >= 15 is 0 Å². The van der Waals surface area contributed by atoms with Gasteiger partial charge in [-0.05, 0) is 24.3 Å². The molecule has 1 saturated heterocycles. The molecule has 1 fully saturated rings. The maximum atomic E-state index is 12.9. The molecule has 0 unspecified atom stereocenters. The Bertz CT molecular complexity index is 1330. The Balaban J connectivity index is 1.42. The van der Waals surface area contributed by atoms with Gasteiger partial charge in [0.05, 0.1) is 48.3 Å². The van der Waals surface area contributed by atoms with Crippen LogP contribution < -0.4 is 10.1 Å². The minimum Gasteiger partial charge on any atom is -0.496 e. The van der Waals surface area contributed by atoms with Gasteiger partial charge in [0.1, 0.15) is 5.75 Å². The standard InChI is InChI=1S/C22H22ClN7O3/c1-29-22(25-17-6-5-16-15(19(17)23)12-24-27-16)26-20(28-29)13-3-4-14(18(11-13)32-2)21(31)30-7-9-33-10-8-30/h3-6,11-12H,7-10H2,1-2H3,(H,24,27)(H,25,26,28).